The highest BCUT2D eigenvalue weighted by molar-refractivity contribution is 6.67. The van der Waals surface area contributed by atoms with Crippen LogP contribution in [0.5, 0.6) is 0 Å². The molecule has 0 aromatic heterocycles. The van der Waals surface area contributed by atoms with Crippen LogP contribution in [-0.2, 0) is 17.7 Å². The lowest BCUT2D eigenvalue weighted by Crippen LogP contribution is -2.24. The van der Waals surface area contributed by atoms with Crippen molar-refractivity contribution in [3.63, 3.8) is 0 Å². The molecular weight excluding hydrogens is 247 g/mol. The Balaban J connectivity index is 1.82. The van der Waals surface area contributed by atoms with E-state index in [0.29, 0.717) is 13.0 Å². The Morgan fingerprint density at radius 2 is 2.10 bits per heavy atom. The minimum Gasteiger partial charge on any atom is -0.427 e. The molecule has 2 nitrogen and oxygen atoms in total. The molecule has 0 saturated heterocycles. The van der Waals surface area contributed by atoms with Gasteiger partial charge in [-0.3, -0.25) is 4.79 Å². The number of hydrogen-bond donors (Lipinski definition) is 0. The van der Waals surface area contributed by atoms with Gasteiger partial charge in [0.1, 0.15) is 0 Å². The molecule has 0 spiro atoms. The molecule has 0 amide bonds. The highest BCUT2D eigenvalue weighted by Gasteiger charge is 2.23. The third kappa shape index (κ3) is 2.54. The third-order valence-corrected chi connectivity index (χ3v) is 3.84. The number of benzene rings is 2. The summed E-state index contributed by atoms with van der Waals surface area (Å²) in [7, 11) is 0. The molecule has 2 aromatic carbocycles. The van der Waals surface area contributed by atoms with Gasteiger partial charge in [-0.15, -0.1) is 0 Å². The average Bonchev–Trinajstić information content (AvgIpc) is 2.80. The molecular formula is C17H17BO2. The van der Waals surface area contributed by atoms with E-state index in [1.807, 2.05) is 37.3 Å². The molecule has 0 fully saturated rings. The lowest BCUT2D eigenvalue weighted by Gasteiger charge is -2.06. The molecule has 0 radical (unpaired) electrons. The number of ketones is 1. The van der Waals surface area contributed by atoms with Crippen LogP contribution in [0.25, 0.3) is 0 Å². The first-order valence-corrected chi connectivity index (χ1v) is 6.96. The predicted molar refractivity (Wildman–Crippen MR) is 81.7 cm³/mol. The van der Waals surface area contributed by atoms with Gasteiger partial charge in [0.15, 0.2) is 5.78 Å². The molecule has 20 heavy (non-hydrogen) atoms. The summed E-state index contributed by atoms with van der Waals surface area (Å²) in [6, 6.07) is 14.0. The van der Waals surface area contributed by atoms with Crippen molar-refractivity contribution in [2.75, 3.05) is 0 Å². The molecule has 1 aliphatic heterocycles. The second-order valence-corrected chi connectivity index (χ2v) is 5.46. The van der Waals surface area contributed by atoms with Crippen LogP contribution in [0.2, 0.25) is 6.82 Å². The number of carbonyl (C=O) groups excluding carboxylic acids is 1. The van der Waals surface area contributed by atoms with E-state index in [0.717, 1.165) is 16.7 Å². The molecule has 3 rings (SSSR count). The van der Waals surface area contributed by atoms with Crippen LogP contribution in [0.1, 0.15) is 27.0 Å². The van der Waals surface area contributed by atoms with E-state index < -0.39 is 0 Å². The Bertz CT molecular complexity index is 664. The number of aryl methyl sites for hydroxylation is 1. The zero-order chi connectivity index (χ0) is 14.1. The molecule has 0 N–H and O–H groups in total. The van der Waals surface area contributed by atoms with Gasteiger partial charge in [0.2, 0.25) is 0 Å². The van der Waals surface area contributed by atoms with Gasteiger partial charge in [0.25, 0.3) is 0 Å². The summed E-state index contributed by atoms with van der Waals surface area (Å²) < 4.78 is 5.60. The fourth-order valence-corrected chi connectivity index (χ4v) is 2.67. The fourth-order valence-electron chi connectivity index (χ4n) is 2.67. The van der Waals surface area contributed by atoms with Gasteiger partial charge in [-0.1, -0.05) is 48.8 Å². The normalized spacial score (nSPS) is 13.4. The zero-order valence-corrected chi connectivity index (χ0v) is 11.8. The summed E-state index contributed by atoms with van der Waals surface area (Å²) in [6.45, 7) is 4.88. The molecule has 3 heteroatoms. The van der Waals surface area contributed by atoms with Gasteiger partial charge < -0.3 is 4.65 Å². The zero-order valence-electron chi connectivity index (χ0n) is 11.8. The van der Waals surface area contributed by atoms with Crippen molar-refractivity contribution in [2.24, 2.45) is 0 Å². The average molecular weight is 264 g/mol. The van der Waals surface area contributed by atoms with Crippen LogP contribution < -0.4 is 5.46 Å². The Labute approximate surface area is 119 Å². The SMILES string of the molecule is CB1OCc2ccc(CC(=O)c3cccc(C)c3)cc21. The maximum Gasteiger partial charge on any atom is 0.324 e. The first-order chi connectivity index (χ1) is 9.63. The molecule has 0 bridgehead atoms. The van der Waals surface area contributed by atoms with Gasteiger partial charge >= 0.3 is 6.92 Å². The van der Waals surface area contributed by atoms with Crippen LogP contribution in [0, 0.1) is 6.92 Å². The number of hydrogen-bond acceptors (Lipinski definition) is 2. The Morgan fingerprint density at radius 3 is 2.90 bits per heavy atom. The minimum absolute atomic E-state index is 0.138. The van der Waals surface area contributed by atoms with Gasteiger partial charge in [-0.25, -0.2) is 0 Å². The highest BCUT2D eigenvalue weighted by Crippen LogP contribution is 2.14. The van der Waals surface area contributed by atoms with Crippen LogP contribution in [0.4, 0.5) is 0 Å². The van der Waals surface area contributed by atoms with Crippen LogP contribution >= 0.6 is 0 Å². The summed E-state index contributed by atoms with van der Waals surface area (Å²) in [6.07, 6.45) is 0.448. The second kappa shape index (κ2) is 5.26. The molecule has 0 aliphatic carbocycles. The van der Waals surface area contributed by atoms with E-state index in [2.05, 4.69) is 19.0 Å². The summed E-state index contributed by atoms with van der Waals surface area (Å²) in [4.78, 5) is 12.3. The Hall–Kier alpha value is -1.87. The number of rotatable bonds is 3. The summed E-state index contributed by atoms with van der Waals surface area (Å²) in [5.41, 5.74) is 5.43. The highest BCUT2D eigenvalue weighted by atomic mass is 16.4. The van der Waals surface area contributed by atoms with E-state index in [1.54, 1.807) is 0 Å². The lowest BCUT2D eigenvalue weighted by molar-refractivity contribution is 0.0993. The largest absolute Gasteiger partial charge is 0.427 e. The standard InChI is InChI=1S/C17H17BO2/c1-12-4-3-5-14(8-12)17(19)10-13-6-7-15-11-20-18(2)16(15)9-13/h3-9H,10-11H2,1-2H3. The predicted octanol–water partition coefficient (Wildman–Crippen LogP) is 2.78. The Kier molecular flexibility index (Phi) is 3.45. The van der Waals surface area contributed by atoms with E-state index in [-0.39, 0.29) is 12.7 Å². The third-order valence-electron chi connectivity index (χ3n) is 3.84. The minimum atomic E-state index is 0.138. The monoisotopic (exact) mass is 264 g/mol. The van der Waals surface area contributed by atoms with Crippen molar-refractivity contribution in [1.29, 1.82) is 0 Å². The second-order valence-electron chi connectivity index (χ2n) is 5.46. The van der Waals surface area contributed by atoms with E-state index in [4.69, 9.17) is 4.65 Å². The molecule has 1 heterocycles. The maximum atomic E-state index is 12.3. The molecule has 0 unspecified atom stereocenters. The smallest absolute Gasteiger partial charge is 0.324 e. The van der Waals surface area contributed by atoms with E-state index >= 15 is 0 Å². The van der Waals surface area contributed by atoms with Gasteiger partial charge in [0.05, 0.1) is 6.61 Å². The van der Waals surface area contributed by atoms with Crippen molar-refractivity contribution in [2.45, 2.75) is 26.8 Å². The number of fused-ring (bicyclic) bond motifs is 1. The van der Waals surface area contributed by atoms with Crippen LogP contribution in [0.15, 0.2) is 42.5 Å². The Morgan fingerprint density at radius 1 is 1.25 bits per heavy atom. The van der Waals surface area contributed by atoms with Gasteiger partial charge in [-0.05, 0) is 29.6 Å². The van der Waals surface area contributed by atoms with Gasteiger partial charge in [0, 0.05) is 12.0 Å². The molecule has 100 valence electrons. The quantitative estimate of drug-likeness (QED) is 0.629. The lowest BCUT2D eigenvalue weighted by atomic mass is 9.64. The topological polar surface area (TPSA) is 26.3 Å². The van der Waals surface area contributed by atoms with Crippen molar-refractivity contribution < 1.29 is 9.45 Å². The van der Waals surface area contributed by atoms with Crippen molar-refractivity contribution in [3.05, 3.63) is 64.7 Å². The molecule has 0 saturated carbocycles. The molecule has 1 aliphatic rings. The van der Waals surface area contributed by atoms with Gasteiger partial charge in [-0.2, -0.15) is 0 Å². The molecule has 0 atom stereocenters. The summed E-state index contributed by atoms with van der Waals surface area (Å²) >= 11 is 0. The summed E-state index contributed by atoms with van der Waals surface area (Å²) in [5, 5.41) is 0. The van der Waals surface area contributed by atoms with E-state index in [9.17, 15) is 4.79 Å². The van der Waals surface area contributed by atoms with Crippen molar-refractivity contribution >= 4 is 18.2 Å². The summed E-state index contributed by atoms with van der Waals surface area (Å²) in [5.74, 6) is 0.167. The number of carbonyl (C=O) groups is 1. The first-order valence-electron chi connectivity index (χ1n) is 6.96. The fraction of sp³-hybridized carbons (Fsp3) is 0.235. The first kappa shape index (κ1) is 13.1. The van der Waals surface area contributed by atoms with Crippen molar-refractivity contribution in [1.82, 2.24) is 0 Å². The van der Waals surface area contributed by atoms with E-state index in [1.165, 1.54) is 11.0 Å². The van der Waals surface area contributed by atoms with Crippen LogP contribution in [-0.4, -0.2) is 12.7 Å². The molecule has 2 aromatic rings. The maximum absolute atomic E-state index is 12.3. The van der Waals surface area contributed by atoms with Crippen molar-refractivity contribution in [3.8, 4) is 0 Å². The van der Waals surface area contributed by atoms with Crippen LogP contribution in [0.3, 0.4) is 0 Å². The number of Topliss-reactive ketones (excluding diaryl/α,β-unsaturated/α-hetero) is 1.